The molecule has 0 saturated carbocycles. The number of ether oxygens (including phenoxy) is 1. The van der Waals surface area contributed by atoms with E-state index in [1.807, 2.05) is 19.1 Å². The minimum absolute atomic E-state index is 0.0341. The fourth-order valence-electron chi connectivity index (χ4n) is 3.64. The molecule has 3 aromatic rings. The molecule has 2 aromatic carbocycles. The Morgan fingerprint density at radius 3 is 2.69 bits per heavy atom. The maximum Gasteiger partial charge on any atom is 0.405 e. The number of fused-ring (bicyclic) bond motifs is 1. The number of hydrogen-bond acceptors (Lipinski definition) is 6. The van der Waals surface area contributed by atoms with Crippen LogP contribution in [0, 0.1) is 12.7 Å². The van der Waals surface area contributed by atoms with Gasteiger partial charge < -0.3 is 15.4 Å². The van der Waals surface area contributed by atoms with Crippen molar-refractivity contribution in [1.82, 2.24) is 15.3 Å². The Morgan fingerprint density at radius 1 is 1.17 bits per heavy atom. The van der Waals surface area contributed by atoms with Crippen molar-refractivity contribution in [3.63, 3.8) is 0 Å². The van der Waals surface area contributed by atoms with Gasteiger partial charge in [0.1, 0.15) is 30.3 Å². The van der Waals surface area contributed by atoms with Gasteiger partial charge in [0, 0.05) is 23.0 Å². The first-order valence-corrected chi connectivity index (χ1v) is 12.4. The number of hydrogen-bond donors (Lipinski definition) is 2. The molecule has 0 bridgehead atoms. The van der Waals surface area contributed by atoms with E-state index in [0.717, 1.165) is 34.2 Å². The summed E-state index contributed by atoms with van der Waals surface area (Å²) in [5.41, 5.74) is 2.72. The molecule has 2 heterocycles. The van der Waals surface area contributed by atoms with Crippen LogP contribution in [0.25, 0.3) is 10.9 Å². The molecule has 1 aliphatic heterocycles. The van der Waals surface area contributed by atoms with Crippen LogP contribution in [0.15, 0.2) is 41.0 Å². The first-order valence-electron chi connectivity index (χ1n) is 10.9. The van der Waals surface area contributed by atoms with Gasteiger partial charge in [-0.2, -0.15) is 13.2 Å². The predicted molar refractivity (Wildman–Crippen MR) is 127 cm³/mol. The highest BCUT2D eigenvalue weighted by Gasteiger charge is 2.27. The van der Waals surface area contributed by atoms with Gasteiger partial charge in [0.25, 0.3) is 5.91 Å². The first kappa shape index (κ1) is 24.8. The minimum Gasteiger partial charge on any atom is -0.481 e. The minimum atomic E-state index is -4.54. The fourth-order valence-corrected chi connectivity index (χ4v) is 5.50. The Bertz CT molecular complexity index is 1270. The van der Waals surface area contributed by atoms with Crippen molar-refractivity contribution in [1.29, 1.82) is 0 Å². The molecule has 1 fully saturated rings. The SMILES string of the molecule is Cc1cc(N=S2CCCC2)cc2ncnc(Nc3ccc(F)cc3OCC(=O)NCC(F)(F)F)c12. The van der Waals surface area contributed by atoms with Crippen molar-refractivity contribution >= 4 is 44.7 Å². The highest BCUT2D eigenvalue weighted by Crippen LogP contribution is 2.34. The molecule has 0 aliphatic carbocycles. The average Bonchev–Trinajstić information content (AvgIpc) is 3.30. The van der Waals surface area contributed by atoms with E-state index in [2.05, 4.69) is 15.3 Å². The lowest BCUT2D eigenvalue weighted by molar-refractivity contribution is -0.139. The van der Waals surface area contributed by atoms with E-state index >= 15 is 0 Å². The van der Waals surface area contributed by atoms with Crippen molar-refractivity contribution in [3.05, 3.63) is 48.0 Å². The molecule has 1 saturated heterocycles. The zero-order valence-electron chi connectivity index (χ0n) is 18.8. The van der Waals surface area contributed by atoms with Crippen LogP contribution in [0.1, 0.15) is 18.4 Å². The van der Waals surface area contributed by atoms with Gasteiger partial charge in [0.2, 0.25) is 0 Å². The monoisotopic (exact) mass is 509 g/mol. The molecule has 0 atom stereocenters. The summed E-state index contributed by atoms with van der Waals surface area (Å²) in [6, 6.07) is 7.49. The van der Waals surface area contributed by atoms with Crippen LogP contribution >= 0.6 is 0 Å². The number of anilines is 2. The molecule has 4 rings (SSSR count). The molecule has 1 amide bonds. The highest BCUT2D eigenvalue weighted by atomic mass is 32.2. The highest BCUT2D eigenvalue weighted by molar-refractivity contribution is 7.87. The molecular weight excluding hydrogens is 486 g/mol. The molecule has 2 N–H and O–H groups in total. The summed E-state index contributed by atoms with van der Waals surface area (Å²) < 4.78 is 60.9. The Labute approximate surface area is 201 Å². The molecule has 0 unspecified atom stereocenters. The topological polar surface area (TPSA) is 88.5 Å². The summed E-state index contributed by atoms with van der Waals surface area (Å²) in [6.07, 6.45) is -0.763. The van der Waals surface area contributed by atoms with Crippen LogP contribution in [0.5, 0.6) is 5.75 Å². The van der Waals surface area contributed by atoms with Crippen LogP contribution in [0.4, 0.5) is 34.8 Å². The predicted octanol–water partition coefficient (Wildman–Crippen LogP) is 5.11. The van der Waals surface area contributed by atoms with E-state index in [4.69, 9.17) is 9.10 Å². The second-order valence-corrected chi connectivity index (χ2v) is 9.92. The third kappa shape index (κ3) is 6.65. The van der Waals surface area contributed by atoms with Crippen molar-refractivity contribution in [2.75, 3.05) is 30.0 Å². The lowest BCUT2D eigenvalue weighted by Crippen LogP contribution is -2.36. The molecule has 1 aliphatic rings. The summed E-state index contributed by atoms with van der Waals surface area (Å²) in [7, 11) is 0.0341. The molecular formula is C23H23F4N5O2S. The van der Waals surface area contributed by atoms with Crippen molar-refractivity contribution in [2.45, 2.75) is 25.9 Å². The lowest BCUT2D eigenvalue weighted by atomic mass is 10.1. The summed E-state index contributed by atoms with van der Waals surface area (Å²) in [4.78, 5) is 20.4. The van der Waals surface area contributed by atoms with E-state index in [1.54, 1.807) is 5.32 Å². The third-order valence-corrected chi connectivity index (χ3v) is 7.19. The third-order valence-electron chi connectivity index (χ3n) is 5.21. The normalized spacial score (nSPS) is 14.2. The number of halogens is 4. The maximum atomic E-state index is 13.9. The molecule has 0 spiro atoms. The van der Waals surface area contributed by atoms with Crippen LogP contribution in [-0.2, 0) is 15.5 Å². The summed E-state index contributed by atoms with van der Waals surface area (Å²) in [5.74, 6) is 0.972. The number of rotatable bonds is 7. The number of amides is 1. The van der Waals surface area contributed by atoms with Crippen LogP contribution in [-0.4, -0.2) is 46.7 Å². The molecule has 186 valence electrons. The number of alkyl halides is 3. The van der Waals surface area contributed by atoms with Crippen LogP contribution in [0.3, 0.4) is 0 Å². The zero-order chi connectivity index (χ0) is 25.0. The van der Waals surface area contributed by atoms with E-state index in [-0.39, 0.29) is 22.1 Å². The van der Waals surface area contributed by atoms with E-state index in [9.17, 15) is 22.4 Å². The number of nitrogens with one attached hydrogen (secondary N) is 2. The summed E-state index contributed by atoms with van der Waals surface area (Å²) in [5, 5.41) is 5.52. The number of aromatic nitrogens is 2. The lowest BCUT2D eigenvalue weighted by Gasteiger charge is -2.15. The van der Waals surface area contributed by atoms with Gasteiger partial charge >= 0.3 is 6.18 Å². The number of aryl methyl sites for hydroxylation is 1. The first-order chi connectivity index (χ1) is 16.7. The molecule has 1 aromatic heterocycles. The second-order valence-electron chi connectivity index (χ2n) is 7.99. The average molecular weight is 510 g/mol. The van der Waals surface area contributed by atoms with Crippen molar-refractivity contribution < 1.29 is 27.1 Å². The van der Waals surface area contributed by atoms with Crippen molar-refractivity contribution in [2.24, 2.45) is 4.36 Å². The zero-order valence-corrected chi connectivity index (χ0v) is 19.6. The van der Waals surface area contributed by atoms with Gasteiger partial charge in [-0.05, 0) is 49.6 Å². The molecule has 35 heavy (non-hydrogen) atoms. The molecule has 0 radical (unpaired) electrons. The second kappa shape index (κ2) is 10.5. The van der Waals surface area contributed by atoms with E-state index < -0.39 is 31.1 Å². The largest absolute Gasteiger partial charge is 0.481 e. The van der Waals surface area contributed by atoms with Crippen LogP contribution in [0.2, 0.25) is 0 Å². The fraction of sp³-hybridized carbons (Fsp3) is 0.348. The smallest absolute Gasteiger partial charge is 0.405 e. The van der Waals surface area contributed by atoms with Gasteiger partial charge in [0.15, 0.2) is 6.61 Å². The Kier molecular flexibility index (Phi) is 7.48. The number of benzene rings is 2. The molecule has 12 heteroatoms. The number of nitrogens with zero attached hydrogens (tertiary/aromatic N) is 3. The summed E-state index contributed by atoms with van der Waals surface area (Å²) in [6.45, 7) is -0.281. The number of carbonyl (C=O) groups excluding carboxylic acids is 1. The quantitative estimate of drug-likeness (QED) is 0.433. The van der Waals surface area contributed by atoms with Gasteiger partial charge in [-0.15, -0.1) is 0 Å². The Balaban J connectivity index is 1.57. The van der Waals surface area contributed by atoms with Gasteiger partial charge in [-0.25, -0.2) is 18.7 Å². The van der Waals surface area contributed by atoms with Crippen molar-refractivity contribution in [3.8, 4) is 5.75 Å². The van der Waals surface area contributed by atoms with E-state index in [1.165, 1.54) is 31.3 Å². The maximum absolute atomic E-state index is 13.9. The van der Waals surface area contributed by atoms with Gasteiger partial charge in [-0.3, -0.25) is 4.79 Å². The number of carbonyl (C=O) groups is 1. The summed E-state index contributed by atoms with van der Waals surface area (Å²) >= 11 is 0. The standard InChI is InChI=1S/C23H23F4N5O2S/c1-14-8-16(32-35-6-2-3-7-35)10-18-21(14)22(30-13-29-18)31-17-5-4-15(24)9-19(17)34-11-20(33)28-12-23(25,26)27/h4-5,8-10,13H,2-3,6-7,11-12H2,1H3,(H,28,33)(H,29,30,31). The van der Waals surface area contributed by atoms with Crippen LogP contribution < -0.4 is 15.4 Å². The van der Waals surface area contributed by atoms with Gasteiger partial charge in [0.05, 0.1) is 16.9 Å². The Morgan fingerprint density at radius 2 is 1.94 bits per heavy atom. The van der Waals surface area contributed by atoms with E-state index in [0.29, 0.717) is 11.3 Å². The van der Waals surface area contributed by atoms with Gasteiger partial charge in [-0.1, -0.05) is 10.7 Å². The Hall–Kier alpha value is -3.28. The molecule has 7 nitrogen and oxygen atoms in total.